The number of aromatic nitrogens is 2. The van der Waals surface area contributed by atoms with Gasteiger partial charge in [-0.3, -0.25) is 14.4 Å². The van der Waals surface area contributed by atoms with Gasteiger partial charge in [0.1, 0.15) is 18.2 Å². The molecular formula is C24H23ClF4N4O3. The molecule has 1 saturated heterocycles. The summed E-state index contributed by atoms with van der Waals surface area (Å²) < 4.78 is 65.7. The highest BCUT2D eigenvalue weighted by atomic mass is 35.5. The summed E-state index contributed by atoms with van der Waals surface area (Å²) in [6.07, 6.45) is -3.46. The summed E-state index contributed by atoms with van der Waals surface area (Å²) in [5.41, 5.74) is -0.493. The number of halogens is 5. The Morgan fingerprint density at radius 2 is 1.94 bits per heavy atom. The Morgan fingerprint density at radius 1 is 1.19 bits per heavy atom. The molecule has 36 heavy (non-hydrogen) atoms. The van der Waals surface area contributed by atoms with E-state index < -0.39 is 23.5 Å². The van der Waals surface area contributed by atoms with Gasteiger partial charge in [-0.25, -0.2) is 4.39 Å². The molecule has 12 heteroatoms. The van der Waals surface area contributed by atoms with Crippen LogP contribution in [-0.2, 0) is 18.0 Å². The van der Waals surface area contributed by atoms with Crippen molar-refractivity contribution < 1.29 is 31.8 Å². The number of nitrogens with one attached hydrogen (secondary N) is 1. The Hall–Kier alpha value is -3.15. The van der Waals surface area contributed by atoms with E-state index >= 15 is 0 Å². The van der Waals surface area contributed by atoms with Crippen LogP contribution in [-0.4, -0.2) is 60.0 Å². The van der Waals surface area contributed by atoms with Crippen molar-refractivity contribution in [2.24, 2.45) is 7.05 Å². The topological polar surface area (TPSA) is 68.6 Å². The number of aryl methyl sites for hydroxylation is 1. The number of hydrogen-bond donors (Lipinski definition) is 1. The Balaban J connectivity index is 1.57. The molecule has 0 atom stereocenters. The summed E-state index contributed by atoms with van der Waals surface area (Å²) in [5.74, 6) is -1.79. The zero-order chi connectivity index (χ0) is 25.9. The maximum absolute atomic E-state index is 13.6. The second kappa shape index (κ2) is 10.9. The van der Waals surface area contributed by atoms with Gasteiger partial charge in [0, 0.05) is 43.5 Å². The fourth-order valence-corrected chi connectivity index (χ4v) is 4.10. The van der Waals surface area contributed by atoms with Crippen LogP contribution in [0.2, 0.25) is 5.02 Å². The molecule has 1 N–H and O–H groups in total. The quantitative estimate of drug-likeness (QED) is 0.445. The van der Waals surface area contributed by atoms with E-state index in [0.717, 1.165) is 19.2 Å². The van der Waals surface area contributed by atoms with E-state index in [1.807, 2.05) is 0 Å². The van der Waals surface area contributed by atoms with Crippen molar-refractivity contribution in [1.29, 1.82) is 0 Å². The monoisotopic (exact) mass is 526 g/mol. The first-order valence-electron chi connectivity index (χ1n) is 11.1. The van der Waals surface area contributed by atoms with Crippen LogP contribution in [0.4, 0.5) is 23.2 Å². The summed E-state index contributed by atoms with van der Waals surface area (Å²) >= 11 is 6.35. The number of carbonyl (C=O) groups excluding carboxylic acids is 1. The molecule has 7 nitrogen and oxygen atoms in total. The minimum absolute atomic E-state index is 0.283. The van der Waals surface area contributed by atoms with Crippen LogP contribution in [0.25, 0.3) is 11.3 Å². The number of hydrogen-bond acceptors (Lipinski definition) is 5. The van der Waals surface area contributed by atoms with Crippen LogP contribution in [0.3, 0.4) is 0 Å². The van der Waals surface area contributed by atoms with E-state index in [-0.39, 0.29) is 11.3 Å². The Bertz CT molecular complexity index is 1220. The van der Waals surface area contributed by atoms with Gasteiger partial charge < -0.3 is 14.8 Å². The van der Waals surface area contributed by atoms with Crippen molar-refractivity contribution in [2.75, 3.05) is 44.8 Å². The molecule has 1 aromatic heterocycles. The smallest absolute Gasteiger partial charge is 0.419 e. The molecule has 0 saturated carbocycles. The third-order valence-corrected chi connectivity index (χ3v) is 5.97. The van der Waals surface area contributed by atoms with Crippen molar-refractivity contribution in [3.8, 4) is 17.0 Å². The summed E-state index contributed by atoms with van der Waals surface area (Å²) in [5, 5.41) is 7.05. The van der Waals surface area contributed by atoms with Crippen LogP contribution in [0.1, 0.15) is 15.9 Å². The number of benzene rings is 2. The van der Waals surface area contributed by atoms with Gasteiger partial charge in [-0.2, -0.15) is 18.3 Å². The Kier molecular flexibility index (Phi) is 7.82. The molecule has 1 fully saturated rings. The second-order valence-electron chi connectivity index (χ2n) is 8.12. The highest BCUT2D eigenvalue weighted by Crippen LogP contribution is 2.37. The number of nitrogens with zero attached hydrogens (tertiary/aromatic N) is 3. The van der Waals surface area contributed by atoms with Crippen molar-refractivity contribution in [3.05, 3.63) is 64.6 Å². The maximum Gasteiger partial charge on any atom is 0.419 e. The maximum atomic E-state index is 13.6. The zero-order valence-electron chi connectivity index (χ0n) is 19.2. The average molecular weight is 527 g/mol. The second-order valence-corrected chi connectivity index (χ2v) is 8.53. The lowest BCUT2D eigenvalue weighted by Gasteiger charge is -2.26. The molecule has 2 heterocycles. The number of rotatable bonds is 7. The van der Waals surface area contributed by atoms with E-state index in [9.17, 15) is 22.4 Å². The van der Waals surface area contributed by atoms with Gasteiger partial charge in [-0.15, -0.1) is 0 Å². The fraction of sp³-hybridized carbons (Fsp3) is 0.333. The largest absolute Gasteiger partial charge is 0.492 e. The van der Waals surface area contributed by atoms with Gasteiger partial charge in [0.25, 0.3) is 5.91 Å². The molecular weight excluding hydrogens is 504 g/mol. The van der Waals surface area contributed by atoms with Gasteiger partial charge in [-0.05, 0) is 36.4 Å². The van der Waals surface area contributed by atoms with Crippen molar-refractivity contribution in [2.45, 2.75) is 6.18 Å². The lowest BCUT2D eigenvalue weighted by molar-refractivity contribution is -0.140. The Morgan fingerprint density at radius 3 is 2.61 bits per heavy atom. The van der Waals surface area contributed by atoms with E-state index in [2.05, 4.69) is 15.3 Å². The third-order valence-electron chi connectivity index (χ3n) is 5.69. The van der Waals surface area contributed by atoms with Gasteiger partial charge in [-0.1, -0.05) is 11.6 Å². The standard InChI is InChI=1S/C24H23ClF4N4O3/c1-32-22(19(25)14-30-32)17-13-16(3-5-21(17)36-11-8-33-6-9-35-10-7-33)31-23(34)15-2-4-20(26)18(12-15)24(27,28)29/h2-5,12-14H,6-11H2,1H3,(H,31,34). The average Bonchev–Trinajstić information content (AvgIpc) is 3.17. The number of morpholine rings is 1. The molecule has 1 aliphatic heterocycles. The van der Waals surface area contributed by atoms with Gasteiger partial charge in [0.15, 0.2) is 0 Å². The molecule has 0 radical (unpaired) electrons. The van der Waals surface area contributed by atoms with Crippen molar-refractivity contribution in [3.63, 3.8) is 0 Å². The molecule has 2 aromatic carbocycles. The fourth-order valence-electron chi connectivity index (χ4n) is 3.83. The number of amides is 1. The SMILES string of the molecule is Cn1ncc(Cl)c1-c1cc(NC(=O)c2ccc(F)c(C(F)(F)F)c2)ccc1OCCN1CCOCC1. The Labute approximate surface area is 209 Å². The zero-order valence-corrected chi connectivity index (χ0v) is 20.0. The lowest BCUT2D eigenvalue weighted by atomic mass is 10.1. The van der Waals surface area contributed by atoms with Gasteiger partial charge in [0.05, 0.1) is 35.7 Å². The van der Waals surface area contributed by atoms with E-state index in [1.54, 1.807) is 29.9 Å². The molecule has 0 spiro atoms. The van der Waals surface area contributed by atoms with Crippen LogP contribution in [0.5, 0.6) is 5.75 Å². The van der Waals surface area contributed by atoms with Crippen molar-refractivity contribution in [1.82, 2.24) is 14.7 Å². The first-order valence-corrected chi connectivity index (χ1v) is 11.4. The van der Waals surface area contributed by atoms with Crippen LogP contribution in [0, 0.1) is 5.82 Å². The summed E-state index contributed by atoms with van der Waals surface area (Å²) in [7, 11) is 1.70. The van der Waals surface area contributed by atoms with Crippen LogP contribution < -0.4 is 10.1 Å². The van der Waals surface area contributed by atoms with Crippen LogP contribution in [0.15, 0.2) is 42.6 Å². The third kappa shape index (κ3) is 5.97. The minimum atomic E-state index is -4.93. The molecule has 3 aromatic rings. The number of carbonyl (C=O) groups is 1. The molecule has 4 rings (SSSR count). The highest BCUT2D eigenvalue weighted by Gasteiger charge is 2.34. The minimum Gasteiger partial charge on any atom is -0.492 e. The van der Waals surface area contributed by atoms with E-state index in [0.29, 0.717) is 60.5 Å². The predicted octanol–water partition coefficient (Wildman–Crippen LogP) is 4.86. The predicted molar refractivity (Wildman–Crippen MR) is 126 cm³/mol. The number of anilines is 1. The van der Waals surface area contributed by atoms with E-state index in [4.69, 9.17) is 21.1 Å². The summed E-state index contributed by atoms with van der Waals surface area (Å²) in [6, 6.07) is 6.88. The molecule has 192 valence electrons. The number of ether oxygens (including phenoxy) is 2. The van der Waals surface area contributed by atoms with Gasteiger partial charge >= 0.3 is 6.18 Å². The first-order chi connectivity index (χ1) is 17.1. The molecule has 1 aliphatic rings. The first kappa shape index (κ1) is 25.9. The van der Waals surface area contributed by atoms with E-state index in [1.165, 1.54) is 6.20 Å². The lowest BCUT2D eigenvalue weighted by Crippen LogP contribution is -2.38. The van der Waals surface area contributed by atoms with Gasteiger partial charge in [0.2, 0.25) is 0 Å². The van der Waals surface area contributed by atoms with Crippen molar-refractivity contribution >= 4 is 23.2 Å². The molecule has 0 aliphatic carbocycles. The molecule has 0 bridgehead atoms. The van der Waals surface area contributed by atoms with Crippen LogP contribution >= 0.6 is 11.6 Å². The number of alkyl halides is 3. The normalized spacial score (nSPS) is 14.6. The molecule has 1 amide bonds. The highest BCUT2D eigenvalue weighted by molar-refractivity contribution is 6.33. The summed E-state index contributed by atoms with van der Waals surface area (Å²) in [4.78, 5) is 14.9. The summed E-state index contributed by atoms with van der Waals surface area (Å²) in [6.45, 7) is 4.05. The molecule has 0 unspecified atom stereocenters.